The smallest absolute Gasteiger partial charge is 0.417 e. The van der Waals surface area contributed by atoms with Crippen molar-refractivity contribution in [3.05, 3.63) is 35.8 Å². The molecule has 0 radical (unpaired) electrons. The Morgan fingerprint density at radius 1 is 1.32 bits per heavy atom. The summed E-state index contributed by atoms with van der Waals surface area (Å²) in [5.74, 6) is -1.48. The highest BCUT2D eigenvalue weighted by molar-refractivity contribution is 7.99. The van der Waals surface area contributed by atoms with E-state index in [2.05, 4.69) is 20.6 Å². The molecule has 8 nitrogen and oxygen atoms in total. The summed E-state index contributed by atoms with van der Waals surface area (Å²) >= 11 is 0.987. The van der Waals surface area contributed by atoms with Gasteiger partial charge in [-0.25, -0.2) is 9.67 Å². The summed E-state index contributed by atoms with van der Waals surface area (Å²) in [6.07, 6.45) is -2.36. The second kappa shape index (κ2) is 7.96. The maximum Gasteiger partial charge on any atom is 0.417 e. The minimum absolute atomic E-state index is 0.0401. The Kier molecular flexibility index (Phi) is 5.96. The Balaban J connectivity index is 1.77. The fourth-order valence-corrected chi connectivity index (χ4v) is 2.32. The number of halogens is 3. The van der Waals surface area contributed by atoms with Crippen molar-refractivity contribution in [2.75, 3.05) is 5.75 Å². The van der Waals surface area contributed by atoms with E-state index in [-0.39, 0.29) is 29.8 Å². The number of aliphatic carboxylic acids is 1. The third-order valence-corrected chi connectivity index (χ3v) is 3.71. The number of amides is 1. The van der Waals surface area contributed by atoms with Gasteiger partial charge >= 0.3 is 12.1 Å². The van der Waals surface area contributed by atoms with Gasteiger partial charge in [0.25, 0.3) is 0 Å². The number of nitrogens with one attached hydrogen (secondary N) is 1. The zero-order valence-electron chi connectivity index (χ0n) is 12.5. The average molecular weight is 375 g/mol. The number of nitrogens with zero attached hydrogens (tertiary/aromatic N) is 4. The third-order valence-electron chi connectivity index (χ3n) is 2.76. The van der Waals surface area contributed by atoms with E-state index in [9.17, 15) is 22.8 Å². The molecule has 0 aliphatic carbocycles. The van der Waals surface area contributed by atoms with Crippen molar-refractivity contribution in [3.8, 4) is 0 Å². The van der Waals surface area contributed by atoms with Gasteiger partial charge in [-0.15, -0.1) is 5.10 Å². The maximum atomic E-state index is 12.4. The molecule has 2 N–H and O–H groups in total. The lowest BCUT2D eigenvalue weighted by atomic mass is 10.3. The molecule has 12 heteroatoms. The van der Waals surface area contributed by atoms with E-state index in [1.165, 1.54) is 12.3 Å². The van der Waals surface area contributed by atoms with Crippen LogP contribution in [0.5, 0.6) is 0 Å². The first-order valence-electron chi connectivity index (χ1n) is 6.77. The second-order valence-electron chi connectivity index (χ2n) is 4.75. The summed E-state index contributed by atoms with van der Waals surface area (Å²) < 4.78 is 38.3. The summed E-state index contributed by atoms with van der Waals surface area (Å²) in [7, 11) is 0. The number of pyridine rings is 1. The molecule has 0 bridgehead atoms. The first-order valence-corrected chi connectivity index (χ1v) is 7.76. The average Bonchev–Trinajstić information content (AvgIpc) is 2.97. The molecular weight excluding hydrogens is 363 g/mol. The van der Waals surface area contributed by atoms with Gasteiger partial charge in [0.1, 0.15) is 12.2 Å². The zero-order valence-corrected chi connectivity index (χ0v) is 13.3. The van der Waals surface area contributed by atoms with Crippen LogP contribution in [0.1, 0.15) is 11.3 Å². The number of hydrogen-bond donors (Lipinski definition) is 2. The van der Waals surface area contributed by atoms with Crippen LogP contribution in [0.3, 0.4) is 0 Å². The van der Waals surface area contributed by atoms with Crippen LogP contribution in [-0.4, -0.2) is 42.7 Å². The van der Waals surface area contributed by atoms with E-state index in [0.29, 0.717) is 11.9 Å². The SMILES string of the molecule is O=C(O)Cn1cc(CNC(=O)CSc2ccc(C(F)(F)F)cn2)nn1. The minimum Gasteiger partial charge on any atom is -0.480 e. The van der Waals surface area contributed by atoms with Gasteiger partial charge in [-0.2, -0.15) is 13.2 Å². The molecule has 25 heavy (non-hydrogen) atoms. The molecule has 0 unspecified atom stereocenters. The number of rotatable bonds is 7. The number of carboxylic acid groups (broad SMARTS) is 1. The van der Waals surface area contributed by atoms with Crippen molar-refractivity contribution in [3.63, 3.8) is 0 Å². The van der Waals surface area contributed by atoms with Gasteiger partial charge in [0.05, 0.1) is 29.1 Å². The predicted octanol–water partition coefficient (Wildman–Crippen LogP) is 1.19. The lowest BCUT2D eigenvalue weighted by Crippen LogP contribution is -2.24. The first kappa shape index (κ1) is 18.7. The number of carbonyl (C=O) groups excluding carboxylic acids is 1. The van der Waals surface area contributed by atoms with E-state index >= 15 is 0 Å². The molecule has 0 spiro atoms. The van der Waals surface area contributed by atoms with Crippen LogP contribution in [0.4, 0.5) is 13.2 Å². The molecule has 0 aliphatic rings. The molecule has 0 aliphatic heterocycles. The van der Waals surface area contributed by atoms with Gasteiger partial charge in [-0.05, 0) is 12.1 Å². The monoisotopic (exact) mass is 375 g/mol. The number of carboxylic acids is 1. The fourth-order valence-electron chi connectivity index (χ4n) is 1.65. The van der Waals surface area contributed by atoms with Gasteiger partial charge in [-0.3, -0.25) is 9.59 Å². The summed E-state index contributed by atoms with van der Waals surface area (Å²) in [4.78, 5) is 25.9. The van der Waals surface area contributed by atoms with Crippen molar-refractivity contribution in [2.45, 2.75) is 24.3 Å². The highest BCUT2D eigenvalue weighted by Gasteiger charge is 2.30. The third kappa shape index (κ3) is 6.06. The molecule has 2 aromatic rings. The fraction of sp³-hybridized carbons (Fsp3) is 0.308. The Bertz CT molecular complexity index is 748. The number of carbonyl (C=O) groups is 2. The van der Waals surface area contributed by atoms with Crippen molar-refractivity contribution >= 4 is 23.6 Å². The minimum atomic E-state index is -4.45. The molecular formula is C13H12F3N5O3S. The summed E-state index contributed by atoms with van der Waals surface area (Å²) in [6.45, 7) is -0.282. The van der Waals surface area contributed by atoms with Crippen LogP contribution in [0.25, 0.3) is 0 Å². The van der Waals surface area contributed by atoms with Gasteiger partial charge in [-0.1, -0.05) is 17.0 Å². The summed E-state index contributed by atoms with van der Waals surface area (Å²) in [5, 5.41) is 18.7. The highest BCUT2D eigenvalue weighted by Crippen LogP contribution is 2.29. The Labute approximate surface area is 143 Å². The van der Waals surface area contributed by atoms with E-state index < -0.39 is 17.7 Å². The van der Waals surface area contributed by atoms with Gasteiger partial charge < -0.3 is 10.4 Å². The van der Waals surface area contributed by atoms with Crippen molar-refractivity contribution in [1.82, 2.24) is 25.3 Å². The van der Waals surface area contributed by atoms with Gasteiger partial charge in [0, 0.05) is 6.20 Å². The molecule has 2 rings (SSSR count). The topological polar surface area (TPSA) is 110 Å². The highest BCUT2D eigenvalue weighted by atomic mass is 32.2. The lowest BCUT2D eigenvalue weighted by Gasteiger charge is -2.06. The van der Waals surface area contributed by atoms with E-state index in [0.717, 1.165) is 22.5 Å². The Morgan fingerprint density at radius 3 is 2.68 bits per heavy atom. The van der Waals surface area contributed by atoms with Crippen LogP contribution in [0, 0.1) is 0 Å². The van der Waals surface area contributed by atoms with Gasteiger partial charge in [0.15, 0.2) is 0 Å². The molecule has 0 aromatic carbocycles. The zero-order chi connectivity index (χ0) is 18.4. The number of alkyl halides is 3. The molecule has 1 amide bonds. The summed E-state index contributed by atoms with van der Waals surface area (Å²) in [6, 6.07) is 2.09. The quantitative estimate of drug-likeness (QED) is 0.700. The van der Waals surface area contributed by atoms with Crippen molar-refractivity contribution in [1.29, 1.82) is 0 Å². The number of hydrogen-bond acceptors (Lipinski definition) is 6. The van der Waals surface area contributed by atoms with Crippen LogP contribution in [0.15, 0.2) is 29.6 Å². The van der Waals surface area contributed by atoms with Crippen LogP contribution >= 0.6 is 11.8 Å². The van der Waals surface area contributed by atoms with E-state index in [4.69, 9.17) is 5.11 Å². The van der Waals surface area contributed by atoms with Gasteiger partial charge in [0.2, 0.25) is 5.91 Å². The normalized spacial score (nSPS) is 11.3. The Morgan fingerprint density at radius 2 is 2.08 bits per heavy atom. The molecule has 0 saturated heterocycles. The number of aromatic nitrogens is 4. The molecule has 2 aromatic heterocycles. The predicted molar refractivity (Wildman–Crippen MR) is 79.5 cm³/mol. The largest absolute Gasteiger partial charge is 0.480 e. The van der Waals surface area contributed by atoms with Crippen molar-refractivity contribution < 1.29 is 27.9 Å². The van der Waals surface area contributed by atoms with E-state index in [1.54, 1.807) is 0 Å². The van der Waals surface area contributed by atoms with Crippen LogP contribution in [0.2, 0.25) is 0 Å². The standard InChI is InChI=1S/C13H12F3N5O3S/c14-13(15,16)8-1-2-11(18-3-8)25-7-10(22)17-4-9-5-21(20-19-9)6-12(23)24/h1-3,5H,4,6-7H2,(H,17,22)(H,23,24). The Hall–Kier alpha value is -2.63. The first-order chi connectivity index (χ1) is 11.7. The maximum absolute atomic E-state index is 12.4. The van der Waals surface area contributed by atoms with E-state index in [1.807, 2.05) is 0 Å². The number of thioether (sulfide) groups is 1. The summed E-state index contributed by atoms with van der Waals surface area (Å²) in [5.41, 5.74) is -0.474. The van der Waals surface area contributed by atoms with Crippen molar-refractivity contribution in [2.24, 2.45) is 0 Å². The van der Waals surface area contributed by atoms with Crippen LogP contribution in [-0.2, 0) is 28.9 Å². The molecule has 134 valence electrons. The second-order valence-corrected chi connectivity index (χ2v) is 5.75. The lowest BCUT2D eigenvalue weighted by molar-refractivity contribution is -0.138. The molecule has 0 saturated carbocycles. The molecule has 0 atom stereocenters. The molecule has 0 fully saturated rings. The van der Waals surface area contributed by atoms with Crippen LogP contribution < -0.4 is 5.32 Å². The molecule has 2 heterocycles.